The summed E-state index contributed by atoms with van der Waals surface area (Å²) in [4.78, 5) is 0. The molecule has 0 heterocycles. The summed E-state index contributed by atoms with van der Waals surface area (Å²) >= 11 is 0. The lowest BCUT2D eigenvalue weighted by Crippen LogP contribution is -2.41. The summed E-state index contributed by atoms with van der Waals surface area (Å²) in [6.45, 7) is 21.3. The largest absolute Gasteiger partial charge is 0.315 e. The molecule has 0 aliphatic rings. The second-order valence-electron chi connectivity index (χ2n) is 9.05. The lowest BCUT2D eigenvalue weighted by Gasteiger charge is -2.42. The summed E-state index contributed by atoms with van der Waals surface area (Å²) < 4.78 is 0. The van der Waals surface area contributed by atoms with E-state index in [4.69, 9.17) is 0 Å². The quantitative estimate of drug-likeness (QED) is 0.720. The van der Waals surface area contributed by atoms with Gasteiger partial charge in [-0.15, -0.1) is 0 Å². The molecule has 0 aromatic heterocycles. The molecule has 1 N–H and O–H groups in total. The Morgan fingerprint density at radius 2 is 1.28 bits per heavy atom. The van der Waals surface area contributed by atoms with E-state index in [1.54, 1.807) is 0 Å². The summed E-state index contributed by atoms with van der Waals surface area (Å²) in [6.07, 6.45) is 2.54. The minimum absolute atomic E-state index is 0.237. The molecule has 0 amide bonds. The van der Waals surface area contributed by atoms with Gasteiger partial charge in [-0.1, -0.05) is 48.5 Å². The highest BCUT2D eigenvalue weighted by Gasteiger charge is 2.35. The zero-order chi connectivity index (χ0) is 14.8. The van der Waals surface area contributed by atoms with Gasteiger partial charge in [0.15, 0.2) is 0 Å². The van der Waals surface area contributed by atoms with E-state index in [1.165, 1.54) is 12.8 Å². The SMILES string of the molecule is CNC(C)(C)CC(C)C(CC(C)(C)C)C(C)(C)C. The predicted octanol–water partition coefficient (Wildman–Crippen LogP) is 5.11. The van der Waals surface area contributed by atoms with Gasteiger partial charge >= 0.3 is 0 Å². The van der Waals surface area contributed by atoms with Crippen LogP contribution in [0.1, 0.15) is 75.2 Å². The summed E-state index contributed by atoms with van der Waals surface area (Å²) in [5.74, 6) is 1.51. The molecule has 0 aromatic carbocycles. The Bertz CT molecular complexity index is 239. The minimum Gasteiger partial charge on any atom is -0.315 e. The Morgan fingerprint density at radius 1 is 0.833 bits per heavy atom. The lowest BCUT2D eigenvalue weighted by atomic mass is 9.65. The number of nitrogens with one attached hydrogen (secondary N) is 1. The monoisotopic (exact) mass is 255 g/mol. The molecule has 18 heavy (non-hydrogen) atoms. The third-order valence-corrected chi connectivity index (χ3v) is 4.14. The molecule has 1 heteroatoms. The summed E-state index contributed by atoms with van der Waals surface area (Å²) in [5, 5.41) is 3.44. The topological polar surface area (TPSA) is 12.0 Å². The third kappa shape index (κ3) is 6.78. The van der Waals surface area contributed by atoms with Gasteiger partial charge in [0.05, 0.1) is 0 Å². The van der Waals surface area contributed by atoms with Gasteiger partial charge < -0.3 is 5.32 Å². The van der Waals surface area contributed by atoms with Crippen LogP contribution in [-0.4, -0.2) is 12.6 Å². The van der Waals surface area contributed by atoms with Crippen molar-refractivity contribution in [3.8, 4) is 0 Å². The van der Waals surface area contributed by atoms with E-state index < -0.39 is 0 Å². The zero-order valence-corrected chi connectivity index (χ0v) is 14.6. The molecular formula is C17H37N. The maximum Gasteiger partial charge on any atom is 0.0124 e. The average Bonchev–Trinajstić information content (AvgIpc) is 2.10. The van der Waals surface area contributed by atoms with Crippen LogP contribution < -0.4 is 5.32 Å². The van der Waals surface area contributed by atoms with Gasteiger partial charge in [0.25, 0.3) is 0 Å². The molecule has 0 radical (unpaired) electrons. The van der Waals surface area contributed by atoms with Crippen molar-refractivity contribution in [2.45, 2.75) is 80.7 Å². The van der Waals surface area contributed by atoms with Crippen LogP contribution in [0.2, 0.25) is 0 Å². The fraction of sp³-hybridized carbons (Fsp3) is 1.00. The highest BCUT2D eigenvalue weighted by atomic mass is 14.9. The van der Waals surface area contributed by atoms with Crippen LogP contribution in [0.4, 0.5) is 0 Å². The third-order valence-electron chi connectivity index (χ3n) is 4.14. The highest BCUT2D eigenvalue weighted by molar-refractivity contribution is 4.87. The average molecular weight is 255 g/mol. The molecule has 1 nitrogen and oxygen atoms in total. The second kappa shape index (κ2) is 5.94. The van der Waals surface area contributed by atoms with Crippen LogP contribution in [0, 0.1) is 22.7 Å². The van der Waals surface area contributed by atoms with Gasteiger partial charge in [-0.25, -0.2) is 0 Å². The highest BCUT2D eigenvalue weighted by Crippen LogP contribution is 2.42. The normalized spacial score (nSPS) is 17.7. The van der Waals surface area contributed by atoms with Crippen LogP contribution in [0.5, 0.6) is 0 Å². The van der Waals surface area contributed by atoms with Gasteiger partial charge in [0.2, 0.25) is 0 Å². The van der Waals surface area contributed by atoms with E-state index in [0.717, 1.165) is 11.8 Å². The van der Waals surface area contributed by atoms with Gasteiger partial charge in [0, 0.05) is 5.54 Å². The Morgan fingerprint density at radius 3 is 1.56 bits per heavy atom. The summed E-state index contributed by atoms with van der Waals surface area (Å²) in [7, 11) is 2.07. The van der Waals surface area contributed by atoms with E-state index in [9.17, 15) is 0 Å². The van der Waals surface area contributed by atoms with Gasteiger partial charge in [-0.05, 0) is 56.4 Å². The fourth-order valence-electron chi connectivity index (χ4n) is 3.07. The van der Waals surface area contributed by atoms with Crippen molar-refractivity contribution in [3.05, 3.63) is 0 Å². The van der Waals surface area contributed by atoms with Crippen LogP contribution >= 0.6 is 0 Å². The maximum absolute atomic E-state index is 3.44. The van der Waals surface area contributed by atoms with E-state index >= 15 is 0 Å². The first-order valence-electron chi connectivity index (χ1n) is 7.47. The molecule has 0 rings (SSSR count). The Kier molecular flexibility index (Phi) is 5.93. The van der Waals surface area contributed by atoms with Crippen molar-refractivity contribution in [2.75, 3.05) is 7.05 Å². The van der Waals surface area contributed by atoms with E-state index in [-0.39, 0.29) is 5.54 Å². The molecule has 0 saturated carbocycles. The molecule has 2 unspecified atom stereocenters. The molecule has 110 valence electrons. The van der Waals surface area contributed by atoms with Crippen molar-refractivity contribution in [1.29, 1.82) is 0 Å². The minimum atomic E-state index is 0.237. The first-order valence-corrected chi connectivity index (χ1v) is 7.47. The lowest BCUT2D eigenvalue weighted by molar-refractivity contribution is 0.0917. The Labute approximate surface area is 116 Å². The maximum atomic E-state index is 3.44. The molecule has 0 aliphatic heterocycles. The Balaban J connectivity index is 4.88. The van der Waals surface area contributed by atoms with Crippen molar-refractivity contribution in [1.82, 2.24) is 5.32 Å². The molecule has 0 spiro atoms. The molecule has 0 fully saturated rings. The zero-order valence-electron chi connectivity index (χ0n) is 14.6. The molecule has 0 aromatic rings. The summed E-state index contributed by atoms with van der Waals surface area (Å²) in [5.41, 5.74) is 1.04. The molecule has 2 atom stereocenters. The van der Waals surface area contributed by atoms with Crippen LogP contribution in [-0.2, 0) is 0 Å². The molecule has 0 bridgehead atoms. The molecule has 0 aliphatic carbocycles. The van der Waals surface area contributed by atoms with Crippen molar-refractivity contribution in [3.63, 3.8) is 0 Å². The smallest absolute Gasteiger partial charge is 0.0124 e. The van der Waals surface area contributed by atoms with Gasteiger partial charge in [-0.3, -0.25) is 0 Å². The fourth-order valence-corrected chi connectivity index (χ4v) is 3.07. The number of rotatable bonds is 5. The standard InChI is InChI=1S/C17H37N/c1-13(11-17(8,9)18-10)14(16(5,6)7)12-15(2,3)4/h13-14,18H,11-12H2,1-10H3. The van der Waals surface area contributed by atoms with Crippen LogP contribution in [0.15, 0.2) is 0 Å². The van der Waals surface area contributed by atoms with Crippen molar-refractivity contribution >= 4 is 0 Å². The van der Waals surface area contributed by atoms with Gasteiger partial charge in [-0.2, -0.15) is 0 Å². The van der Waals surface area contributed by atoms with E-state index in [2.05, 4.69) is 74.7 Å². The second-order valence-corrected chi connectivity index (χ2v) is 9.05. The predicted molar refractivity (Wildman–Crippen MR) is 83.9 cm³/mol. The van der Waals surface area contributed by atoms with Crippen LogP contribution in [0.25, 0.3) is 0 Å². The first-order chi connectivity index (χ1) is 7.78. The van der Waals surface area contributed by atoms with Crippen molar-refractivity contribution < 1.29 is 0 Å². The Hall–Kier alpha value is -0.0400. The van der Waals surface area contributed by atoms with Crippen LogP contribution in [0.3, 0.4) is 0 Å². The number of hydrogen-bond donors (Lipinski definition) is 1. The van der Waals surface area contributed by atoms with Gasteiger partial charge in [0.1, 0.15) is 0 Å². The van der Waals surface area contributed by atoms with E-state index in [0.29, 0.717) is 10.8 Å². The number of hydrogen-bond acceptors (Lipinski definition) is 1. The molecule has 0 saturated heterocycles. The van der Waals surface area contributed by atoms with E-state index in [1.807, 2.05) is 0 Å². The summed E-state index contributed by atoms with van der Waals surface area (Å²) in [6, 6.07) is 0. The molecular weight excluding hydrogens is 218 g/mol. The van der Waals surface area contributed by atoms with Crippen molar-refractivity contribution in [2.24, 2.45) is 22.7 Å². The first kappa shape index (κ1) is 18.0.